The maximum absolute atomic E-state index is 13.2. The molecule has 0 spiro atoms. The van der Waals surface area contributed by atoms with E-state index >= 15 is 0 Å². The van der Waals surface area contributed by atoms with Gasteiger partial charge >= 0.3 is 0 Å². The molecule has 2 aromatic rings. The van der Waals surface area contributed by atoms with E-state index in [1.165, 1.54) is 18.2 Å². The minimum Gasteiger partial charge on any atom is -0.332 e. The number of carbonyl (C=O) groups is 2. The van der Waals surface area contributed by atoms with Crippen molar-refractivity contribution in [3.63, 3.8) is 0 Å². The molecule has 1 aliphatic rings. The normalized spacial score (nSPS) is 13.0. The molecule has 1 aliphatic carbocycles. The van der Waals surface area contributed by atoms with Gasteiger partial charge in [0, 0.05) is 22.9 Å². The molecule has 0 aromatic heterocycles. The van der Waals surface area contributed by atoms with Gasteiger partial charge in [0.25, 0.3) is 5.91 Å². The van der Waals surface area contributed by atoms with Crippen LogP contribution >= 0.6 is 23.8 Å². The third kappa shape index (κ3) is 4.77. The summed E-state index contributed by atoms with van der Waals surface area (Å²) < 4.78 is 13.2. The molecule has 0 heterocycles. The molecule has 1 saturated carbocycles. The number of benzene rings is 2. The summed E-state index contributed by atoms with van der Waals surface area (Å²) in [6, 6.07) is 10.6. The molecular weight excluding hydrogens is 377 g/mol. The quantitative estimate of drug-likeness (QED) is 0.690. The smallest absolute Gasteiger partial charge is 0.255 e. The van der Waals surface area contributed by atoms with E-state index in [9.17, 15) is 14.0 Å². The zero-order valence-electron chi connectivity index (χ0n) is 13.5. The summed E-state index contributed by atoms with van der Waals surface area (Å²) in [5.74, 6) is -0.985. The van der Waals surface area contributed by atoms with Crippen LogP contribution in [0.5, 0.6) is 0 Å². The predicted molar refractivity (Wildman–Crippen MR) is 103 cm³/mol. The predicted octanol–water partition coefficient (Wildman–Crippen LogP) is 3.95. The molecule has 0 atom stereocenters. The molecule has 0 bridgehead atoms. The van der Waals surface area contributed by atoms with E-state index in [4.69, 9.17) is 23.8 Å². The number of hydrogen-bond acceptors (Lipinski definition) is 3. The Morgan fingerprint density at radius 2 is 1.81 bits per heavy atom. The fourth-order valence-electron chi connectivity index (χ4n) is 2.24. The van der Waals surface area contributed by atoms with E-state index in [0.29, 0.717) is 16.9 Å². The SMILES string of the molecule is O=C(Nc1ccc(F)c(Cl)c1)c1cccc(NC(=S)NC(=O)C2CC2)c1. The molecule has 0 aliphatic heterocycles. The minimum absolute atomic E-state index is 0.0504. The van der Waals surface area contributed by atoms with Crippen molar-refractivity contribution in [1.82, 2.24) is 5.32 Å². The Morgan fingerprint density at radius 1 is 1.08 bits per heavy atom. The Morgan fingerprint density at radius 3 is 2.50 bits per heavy atom. The van der Waals surface area contributed by atoms with Gasteiger partial charge in [0.1, 0.15) is 5.82 Å². The van der Waals surface area contributed by atoms with E-state index in [0.717, 1.165) is 12.8 Å². The first-order valence-electron chi connectivity index (χ1n) is 7.90. The summed E-state index contributed by atoms with van der Waals surface area (Å²) in [4.78, 5) is 24.0. The fraction of sp³-hybridized carbons (Fsp3) is 0.167. The number of halogens is 2. The molecule has 26 heavy (non-hydrogen) atoms. The van der Waals surface area contributed by atoms with Gasteiger partial charge in [0.05, 0.1) is 5.02 Å². The average molecular weight is 392 g/mol. The molecule has 0 unspecified atom stereocenters. The molecular formula is C18H15ClFN3O2S. The second-order valence-corrected chi connectivity index (χ2v) is 6.70. The molecule has 5 nitrogen and oxygen atoms in total. The van der Waals surface area contributed by atoms with Crippen LogP contribution in [0.3, 0.4) is 0 Å². The van der Waals surface area contributed by atoms with Crippen molar-refractivity contribution < 1.29 is 14.0 Å². The maximum Gasteiger partial charge on any atom is 0.255 e. The Labute approximate surface area is 159 Å². The standard InChI is InChI=1S/C18H15ClFN3O2S/c19-14-9-13(6-7-15(14)20)21-17(25)11-2-1-3-12(8-11)22-18(26)23-16(24)10-4-5-10/h1-3,6-10H,4-5H2,(H,21,25)(H2,22,23,24,26). The van der Waals surface area contributed by atoms with Crippen LogP contribution in [0.1, 0.15) is 23.2 Å². The molecule has 2 aromatic carbocycles. The maximum atomic E-state index is 13.2. The highest BCUT2D eigenvalue weighted by Gasteiger charge is 2.30. The van der Waals surface area contributed by atoms with Crippen LogP contribution in [0, 0.1) is 11.7 Å². The van der Waals surface area contributed by atoms with E-state index in [2.05, 4.69) is 16.0 Å². The lowest BCUT2D eigenvalue weighted by Gasteiger charge is -2.11. The zero-order chi connectivity index (χ0) is 18.7. The first-order chi connectivity index (χ1) is 12.4. The average Bonchev–Trinajstić information content (AvgIpc) is 3.43. The van der Waals surface area contributed by atoms with Gasteiger partial charge in [0.2, 0.25) is 5.91 Å². The lowest BCUT2D eigenvalue weighted by Crippen LogP contribution is -2.35. The largest absolute Gasteiger partial charge is 0.332 e. The summed E-state index contributed by atoms with van der Waals surface area (Å²) in [6.45, 7) is 0. The Bertz CT molecular complexity index is 886. The summed E-state index contributed by atoms with van der Waals surface area (Å²) in [5, 5.41) is 8.25. The van der Waals surface area contributed by atoms with Gasteiger partial charge in [-0.2, -0.15) is 0 Å². The molecule has 1 fully saturated rings. The summed E-state index contributed by atoms with van der Waals surface area (Å²) in [5.41, 5.74) is 1.31. The van der Waals surface area contributed by atoms with Crippen molar-refractivity contribution in [2.45, 2.75) is 12.8 Å². The van der Waals surface area contributed by atoms with Crippen LogP contribution in [0.4, 0.5) is 15.8 Å². The highest BCUT2D eigenvalue weighted by atomic mass is 35.5. The first-order valence-corrected chi connectivity index (χ1v) is 8.69. The van der Waals surface area contributed by atoms with Crippen LogP contribution < -0.4 is 16.0 Å². The van der Waals surface area contributed by atoms with Gasteiger partial charge in [-0.1, -0.05) is 17.7 Å². The van der Waals surface area contributed by atoms with Crippen LogP contribution in [-0.2, 0) is 4.79 Å². The molecule has 3 rings (SSSR count). The van der Waals surface area contributed by atoms with Gasteiger partial charge < -0.3 is 16.0 Å². The summed E-state index contributed by atoms with van der Waals surface area (Å²) in [7, 11) is 0. The van der Waals surface area contributed by atoms with E-state index in [1.807, 2.05) is 0 Å². The Balaban J connectivity index is 1.63. The minimum atomic E-state index is -0.558. The van der Waals surface area contributed by atoms with E-state index < -0.39 is 5.82 Å². The topological polar surface area (TPSA) is 70.2 Å². The molecule has 2 amide bonds. The summed E-state index contributed by atoms with van der Waals surface area (Å²) in [6.07, 6.45) is 1.77. The lowest BCUT2D eigenvalue weighted by molar-refractivity contribution is -0.120. The third-order valence-corrected chi connectivity index (χ3v) is 4.24. The van der Waals surface area contributed by atoms with Gasteiger partial charge in [-0.3, -0.25) is 9.59 Å². The van der Waals surface area contributed by atoms with Crippen molar-refractivity contribution in [2.24, 2.45) is 5.92 Å². The second kappa shape index (κ2) is 7.80. The number of amides is 2. The highest BCUT2D eigenvalue weighted by molar-refractivity contribution is 7.80. The van der Waals surface area contributed by atoms with Gasteiger partial charge in [0.15, 0.2) is 5.11 Å². The van der Waals surface area contributed by atoms with Crippen molar-refractivity contribution in [3.8, 4) is 0 Å². The van der Waals surface area contributed by atoms with Gasteiger partial charge in [-0.25, -0.2) is 4.39 Å². The van der Waals surface area contributed by atoms with Crippen molar-refractivity contribution in [2.75, 3.05) is 10.6 Å². The molecule has 8 heteroatoms. The highest BCUT2D eigenvalue weighted by Crippen LogP contribution is 2.28. The van der Waals surface area contributed by atoms with Crippen LogP contribution in [0.15, 0.2) is 42.5 Å². The second-order valence-electron chi connectivity index (χ2n) is 5.88. The van der Waals surface area contributed by atoms with E-state index in [1.54, 1.807) is 24.3 Å². The number of anilines is 2. The lowest BCUT2D eigenvalue weighted by atomic mass is 10.2. The number of carbonyl (C=O) groups excluding carboxylic acids is 2. The third-order valence-electron chi connectivity index (χ3n) is 3.74. The Kier molecular flexibility index (Phi) is 5.49. The first kappa shape index (κ1) is 18.3. The number of thiocarbonyl (C=S) groups is 1. The summed E-state index contributed by atoms with van der Waals surface area (Å²) >= 11 is 10.8. The number of nitrogens with one attached hydrogen (secondary N) is 3. The van der Waals surface area contributed by atoms with Gasteiger partial charge in [-0.05, 0) is 61.5 Å². The molecule has 0 saturated heterocycles. The van der Waals surface area contributed by atoms with Crippen molar-refractivity contribution >= 4 is 52.1 Å². The zero-order valence-corrected chi connectivity index (χ0v) is 15.1. The fourth-order valence-corrected chi connectivity index (χ4v) is 2.64. The van der Waals surface area contributed by atoms with Gasteiger partial charge in [-0.15, -0.1) is 0 Å². The van der Waals surface area contributed by atoms with Crippen molar-refractivity contribution in [3.05, 3.63) is 58.9 Å². The molecule has 134 valence electrons. The molecule has 3 N–H and O–H groups in total. The number of rotatable bonds is 4. The van der Waals surface area contributed by atoms with Crippen molar-refractivity contribution in [1.29, 1.82) is 0 Å². The number of hydrogen-bond donors (Lipinski definition) is 3. The monoisotopic (exact) mass is 391 g/mol. The van der Waals surface area contributed by atoms with Crippen LogP contribution in [-0.4, -0.2) is 16.9 Å². The van der Waals surface area contributed by atoms with Crippen LogP contribution in [0.2, 0.25) is 5.02 Å². The van der Waals surface area contributed by atoms with E-state index in [-0.39, 0.29) is 27.9 Å². The Hall–Kier alpha value is -2.51. The molecule has 0 radical (unpaired) electrons. The van der Waals surface area contributed by atoms with Crippen LogP contribution in [0.25, 0.3) is 0 Å².